The van der Waals surface area contributed by atoms with E-state index in [0.717, 1.165) is 5.46 Å². The molecule has 0 fully saturated rings. The van der Waals surface area contributed by atoms with Crippen molar-refractivity contribution in [2.45, 2.75) is 6.92 Å². The summed E-state index contributed by atoms with van der Waals surface area (Å²) >= 11 is 0. The summed E-state index contributed by atoms with van der Waals surface area (Å²) in [7, 11) is 1.92. The smallest absolute Gasteiger partial charge is 0.161 e. The minimum Gasteiger partial charge on any atom is -0.294 e. The first kappa shape index (κ1) is 7.00. The van der Waals surface area contributed by atoms with Crippen LogP contribution in [0.15, 0.2) is 18.5 Å². The minimum atomic E-state index is 0.0659. The summed E-state index contributed by atoms with van der Waals surface area (Å²) in [6, 6.07) is 1.83. The molecule has 0 aliphatic rings. The standard InChI is InChI=1S/C7H8BNO/c1-5(10)6-2-7(8)4-9-3-6/h2-4H,8H2,1H3. The highest BCUT2D eigenvalue weighted by Gasteiger charge is 1.96. The molecule has 0 aliphatic heterocycles. The molecule has 0 saturated carbocycles. The van der Waals surface area contributed by atoms with Crippen molar-refractivity contribution in [3.63, 3.8) is 0 Å². The van der Waals surface area contributed by atoms with E-state index in [9.17, 15) is 4.79 Å². The Kier molecular flexibility index (Phi) is 1.85. The lowest BCUT2D eigenvalue weighted by Crippen LogP contribution is -2.06. The zero-order chi connectivity index (χ0) is 7.56. The first-order valence-electron chi connectivity index (χ1n) is 3.13. The molecule has 1 aromatic heterocycles. The van der Waals surface area contributed by atoms with Gasteiger partial charge in [0.2, 0.25) is 0 Å². The summed E-state index contributed by atoms with van der Waals surface area (Å²) in [5.41, 5.74) is 1.70. The highest BCUT2D eigenvalue weighted by molar-refractivity contribution is 6.32. The second-order valence-electron chi connectivity index (χ2n) is 2.31. The van der Waals surface area contributed by atoms with Gasteiger partial charge in [-0.3, -0.25) is 9.78 Å². The van der Waals surface area contributed by atoms with Crippen molar-refractivity contribution in [1.82, 2.24) is 4.98 Å². The number of nitrogens with zero attached hydrogens (tertiary/aromatic N) is 1. The van der Waals surface area contributed by atoms with Gasteiger partial charge in [-0.1, -0.05) is 11.5 Å². The van der Waals surface area contributed by atoms with Crippen LogP contribution in [0.3, 0.4) is 0 Å². The van der Waals surface area contributed by atoms with Gasteiger partial charge >= 0.3 is 0 Å². The number of pyridine rings is 1. The lowest BCUT2D eigenvalue weighted by atomic mass is 9.96. The van der Waals surface area contributed by atoms with E-state index in [-0.39, 0.29) is 5.78 Å². The van der Waals surface area contributed by atoms with Crippen LogP contribution < -0.4 is 5.46 Å². The van der Waals surface area contributed by atoms with E-state index in [0.29, 0.717) is 5.56 Å². The molecular formula is C7H8BNO. The Morgan fingerprint density at radius 2 is 2.30 bits per heavy atom. The average Bonchev–Trinajstić information content (AvgIpc) is 1.88. The zero-order valence-corrected chi connectivity index (χ0v) is 6.09. The summed E-state index contributed by atoms with van der Waals surface area (Å²) in [5.74, 6) is 0.0659. The van der Waals surface area contributed by atoms with Crippen LogP contribution in [0.5, 0.6) is 0 Å². The molecule has 0 radical (unpaired) electrons. The topological polar surface area (TPSA) is 30.0 Å². The normalized spacial score (nSPS) is 9.30. The van der Waals surface area contributed by atoms with E-state index in [1.807, 2.05) is 13.9 Å². The van der Waals surface area contributed by atoms with Crippen LogP contribution in [-0.2, 0) is 0 Å². The number of aromatic nitrogens is 1. The second-order valence-corrected chi connectivity index (χ2v) is 2.31. The molecule has 3 heteroatoms. The molecule has 1 rings (SSSR count). The molecule has 0 atom stereocenters. The Labute approximate surface area is 60.7 Å². The van der Waals surface area contributed by atoms with Gasteiger partial charge in [-0.05, 0) is 6.92 Å². The van der Waals surface area contributed by atoms with Crippen LogP contribution in [0, 0.1) is 0 Å². The molecule has 10 heavy (non-hydrogen) atoms. The number of hydrogen-bond donors (Lipinski definition) is 0. The van der Waals surface area contributed by atoms with Crippen LogP contribution in [0.4, 0.5) is 0 Å². The van der Waals surface area contributed by atoms with Gasteiger partial charge in [0, 0.05) is 18.0 Å². The summed E-state index contributed by atoms with van der Waals surface area (Å²) in [6.45, 7) is 1.54. The van der Waals surface area contributed by atoms with Crippen molar-refractivity contribution in [3.8, 4) is 0 Å². The molecule has 0 amide bonds. The molecule has 0 aromatic carbocycles. The SMILES string of the molecule is Bc1cncc(C(C)=O)c1. The Bertz CT molecular complexity index is 260. The highest BCUT2D eigenvalue weighted by Crippen LogP contribution is 1.92. The third-order valence-electron chi connectivity index (χ3n) is 1.28. The van der Waals surface area contributed by atoms with Gasteiger partial charge in [0.05, 0.1) is 0 Å². The van der Waals surface area contributed by atoms with E-state index in [1.54, 1.807) is 12.4 Å². The maximum Gasteiger partial charge on any atom is 0.161 e. The van der Waals surface area contributed by atoms with E-state index >= 15 is 0 Å². The summed E-state index contributed by atoms with van der Waals surface area (Å²) in [6.07, 6.45) is 3.31. The fourth-order valence-electron chi connectivity index (χ4n) is 0.747. The number of carbonyl (C=O) groups excluding carboxylic acids is 1. The number of rotatable bonds is 1. The molecule has 1 aromatic rings. The molecule has 2 nitrogen and oxygen atoms in total. The van der Waals surface area contributed by atoms with E-state index in [2.05, 4.69) is 4.98 Å². The molecular weight excluding hydrogens is 125 g/mol. The predicted molar refractivity (Wildman–Crippen MR) is 42.4 cm³/mol. The quantitative estimate of drug-likeness (QED) is 0.383. The first-order valence-corrected chi connectivity index (χ1v) is 3.13. The van der Waals surface area contributed by atoms with Crippen molar-refractivity contribution < 1.29 is 4.79 Å². The largest absolute Gasteiger partial charge is 0.294 e. The summed E-state index contributed by atoms with van der Waals surface area (Å²) in [4.78, 5) is 14.6. The Morgan fingerprint density at radius 3 is 2.70 bits per heavy atom. The third-order valence-corrected chi connectivity index (χ3v) is 1.28. The molecule has 0 saturated heterocycles. The summed E-state index contributed by atoms with van der Waals surface area (Å²) < 4.78 is 0. The third kappa shape index (κ3) is 1.44. The summed E-state index contributed by atoms with van der Waals surface area (Å²) in [5, 5.41) is 0. The van der Waals surface area contributed by atoms with Crippen LogP contribution in [0.25, 0.3) is 0 Å². The van der Waals surface area contributed by atoms with Crippen molar-refractivity contribution in [2.24, 2.45) is 0 Å². The number of ketones is 1. The molecule has 0 bridgehead atoms. The lowest BCUT2D eigenvalue weighted by molar-refractivity contribution is 0.101. The second kappa shape index (κ2) is 2.65. The van der Waals surface area contributed by atoms with E-state index in [1.165, 1.54) is 6.92 Å². The van der Waals surface area contributed by atoms with Gasteiger partial charge in [-0.25, -0.2) is 0 Å². The average molecular weight is 133 g/mol. The van der Waals surface area contributed by atoms with Crippen LogP contribution in [0.1, 0.15) is 17.3 Å². The van der Waals surface area contributed by atoms with Crippen LogP contribution >= 0.6 is 0 Å². The molecule has 0 aliphatic carbocycles. The van der Waals surface area contributed by atoms with Gasteiger partial charge in [-0.2, -0.15) is 0 Å². The number of carbonyl (C=O) groups is 1. The minimum absolute atomic E-state index is 0.0659. The van der Waals surface area contributed by atoms with Gasteiger partial charge in [0.25, 0.3) is 0 Å². The number of hydrogen-bond acceptors (Lipinski definition) is 2. The number of Topliss-reactive ketones (excluding diaryl/α,β-unsaturated/α-hetero) is 1. The fourth-order valence-corrected chi connectivity index (χ4v) is 0.747. The van der Waals surface area contributed by atoms with Gasteiger partial charge in [-0.15, -0.1) is 0 Å². The maximum absolute atomic E-state index is 10.8. The van der Waals surface area contributed by atoms with Crippen molar-refractivity contribution in [1.29, 1.82) is 0 Å². The Balaban J connectivity index is 3.07. The van der Waals surface area contributed by atoms with Crippen molar-refractivity contribution in [2.75, 3.05) is 0 Å². The maximum atomic E-state index is 10.8. The first-order chi connectivity index (χ1) is 4.70. The Hall–Kier alpha value is -1.12. The van der Waals surface area contributed by atoms with E-state index in [4.69, 9.17) is 0 Å². The molecule has 0 unspecified atom stereocenters. The molecule has 50 valence electrons. The Morgan fingerprint density at radius 1 is 1.60 bits per heavy atom. The van der Waals surface area contributed by atoms with E-state index < -0.39 is 0 Å². The molecule has 0 N–H and O–H groups in total. The zero-order valence-electron chi connectivity index (χ0n) is 6.09. The molecule has 1 heterocycles. The predicted octanol–water partition coefficient (Wildman–Crippen LogP) is -0.457. The van der Waals surface area contributed by atoms with Gasteiger partial charge < -0.3 is 0 Å². The van der Waals surface area contributed by atoms with Gasteiger partial charge in [0.1, 0.15) is 7.85 Å². The van der Waals surface area contributed by atoms with Crippen LogP contribution in [0.2, 0.25) is 0 Å². The van der Waals surface area contributed by atoms with Crippen LogP contribution in [-0.4, -0.2) is 18.6 Å². The monoisotopic (exact) mass is 133 g/mol. The van der Waals surface area contributed by atoms with Crippen molar-refractivity contribution in [3.05, 3.63) is 24.0 Å². The lowest BCUT2D eigenvalue weighted by Gasteiger charge is -1.94. The van der Waals surface area contributed by atoms with Gasteiger partial charge in [0.15, 0.2) is 5.78 Å². The highest BCUT2D eigenvalue weighted by atomic mass is 16.1. The molecule has 0 spiro atoms. The fraction of sp³-hybridized carbons (Fsp3) is 0.143. The van der Waals surface area contributed by atoms with Crippen molar-refractivity contribution >= 4 is 19.1 Å².